The van der Waals surface area contributed by atoms with Crippen molar-refractivity contribution in [3.05, 3.63) is 33.8 Å². The van der Waals surface area contributed by atoms with Crippen LogP contribution < -0.4 is 0 Å². The van der Waals surface area contributed by atoms with E-state index < -0.39 is 0 Å². The van der Waals surface area contributed by atoms with Crippen LogP contribution >= 0.6 is 15.9 Å². The van der Waals surface area contributed by atoms with Crippen LogP contribution in [0.1, 0.15) is 48.0 Å². The third-order valence-electron chi connectivity index (χ3n) is 3.43. The zero-order valence-electron chi connectivity index (χ0n) is 9.63. The molecule has 0 bridgehead atoms. The van der Waals surface area contributed by atoms with E-state index >= 15 is 0 Å². The number of halogens is 1. The number of ketones is 1. The zero-order chi connectivity index (χ0) is 11.5. The minimum atomic E-state index is 0.272. The first kappa shape index (κ1) is 11.8. The number of aryl methyl sites for hydroxylation is 1. The Hall–Kier alpha value is -0.630. The third-order valence-corrected chi connectivity index (χ3v) is 3.92. The summed E-state index contributed by atoms with van der Waals surface area (Å²) in [6, 6.07) is 5.94. The van der Waals surface area contributed by atoms with Gasteiger partial charge >= 0.3 is 0 Å². The van der Waals surface area contributed by atoms with Crippen molar-refractivity contribution in [2.24, 2.45) is 5.92 Å². The van der Waals surface area contributed by atoms with E-state index in [9.17, 15) is 4.79 Å². The lowest BCUT2D eigenvalue weighted by Crippen LogP contribution is -2.18. The smallest absolute Gasteiger partial charge is 0.166 e. The molecule has 0 spiro atoms. The van der Waals surface area contributed by atoms with E-state index in [1.807, 2.05) is 25.1 Å². The van der Waals surface area contributed by atoms with Gasteiger partial charge in [0.2, 0.25) is 0 Å². The molecule has 1 saturated carbocycles. The largest absolute Gasteiger partial charge is 0.294 e. The Bertz CT molecular complexity index is 392. The van der Waals surface area contributed by atoms with Gasteiger partial charge in [-0.2, -0.15) is 0 Å². The van der Waals surface area contributed by atoms with Crippen molar-refractivity contribution in [3.63, 3.8) is 0 Å². The van der Waals surface area contributed by atoms with Gasteiger partial charge in [-0.05, 0) is 37.5 Å². The fourth-order valence-electron chi connectivity index (χ4n) is 2.49. The number of hydrogen-bond donors (Lipinski definition) is 0. The molecule has 1 fully saturated rings. The summed E-state index contributed by atoms with van der Waals surface area (Å²) in [5, 5.41) is 0. The highest BCUT2D eigenvalue weighted by Gasteiger charge is 2.23. The second kappa shape index (κ2) is 5.13. The average molecular weight is 281 g/mol. The number of Topliss-reactive ketones (excluding diaryl/α,β-unsaturated/α-hetero) is 1. The Labute approximate surface area is 105 Å². The van der Waals surface area contributed by atoms with Gasteiger partial charge in [0, 0.05) is 16.0 Å². The number of benzene rings is 1. The molecule has 0 unspecified atom stereocenters. The van der Waals surface area contributed by atoms with Crippen LogP contribution in [0.2, 0.25) is 0 Å². The second-order valence-corrected chi connectivity index (χ2v) is 5.57. The lowest BCUT2D eigenvalue weighted by molar-refractivity contribution is 0.0889. The molecule has 1 aliphatic carbocycles. The lowest BCUT2D eigenvalue weighted by Gasteiger charge is -2.21. The van der Waals surface area contributed by atoms with E-state index in [2.05, 4.69) is 15.9 Å². The molecule has 1 aliphatic rings. The lowest BCUT2D eigenvalue weighted by atomic mass is 9.83. The number of carbonyl (C=O) groups is 1. The Kier molecular flexibility index (Phi) is 3.80. The predicted octanol–water partition coefficient (Wildman–Crippen LogP) is 4.52. The highest BCUT2D eigenvalue weighted by molar-refractivity contribution is 9.10. The van der Waals surface area contributed by atoms with Gasteiger partial charge in [-0.1, -0.05) is 41.3 Å². The van der Waals surface area contributed by atoms with Crippen molar-refractivity contribution < 1.29 is 4.79 Å². The van der Waals surface area contributed by atoms with Crippen LogP contribution in [0.5, 0.6) is 0 Å². The third kappa shape index (κ3) is 2.54. The molecule has 0 aromatic heterocycles. The van der Waals surface area contributed by atoms with Gasteiger partial charge in [0.1, 0.15) is 0 Å². The average Bonchev–Trinajstić information content (AvgIpc) is 2.29. The van der Waals surface area contributed by atoms with Gasteiger partial charge in [-0.15, -0.1) is 0 Å². The quantitative estimate of drug-likeness (QED) is 0.728. The fraction of sp³-hybridized carbons (Fsp3) is 0.500. The summed E-state index contributed by atoms with van der Waals surface area (Å²) in [5.74, 6) is 0.623. The van der Waals surface area contributed by atoms with Crippen LogP contribution in [0.25, 0.3) is 0 Å². The van der Waals surface area contributed by atoms with Gasteiger partial charge in [0.15, 0.2) is 5.78 Å². The van der Waals surface area contributed by atoms with Crippen molar-refractivity contribution in [2.75, 3.05) is 0 Å². The molecule has 0 amide bonds. The monoisotopic (exact) mass is 280 g/mol. The molecule has 0 saturated heterocycles. The summed E-state index contributed by atoms with van der Waals surface area (Å²) >= 11 is 3.43. The molecular weight excluding hydrogens is 264 g/mol. The topological polar surface area (TPSA) is 17.1 Å². The summed E-state index contributed by atoms with van der Waals surface area (Å²) in [6.07, 6.45) is 5.88. The van der Waals surface area contributed by atoms with Crippen LogP contribution in [-0.4, -0.2) is 5.78 Å². The van der Waals surface area contributed by atoms with Gasteiger partial charge in [-0.25, -0.2) is 0 Å². The second-order valence-electron chi connectivity index (χ2n) is 4.66. The van der Waals surface area contributed by atoms with E-state index in [1.54, 1.807) is 0 Å². The van der Waals surface area contributed by atoms with Gasteiger partial charge in [0.05, 0.1) is 0 Å². The molecule has 1 aromatic rings. The van der Waals surface area contributed by atoms with Crippen LogP contribution in [0.4, 0.5) is 0 Å². The Morgan fingerprint density at radius 3 is 2.56 bits per heavy atom. The van der Waals surface area contributed by atoms with Crippen LogP contribution in [0.15, 0.2) is 22.7 Å². The molecule has 1 nitrogen and oxygen atoms in total. The maximum atomic E-state index is 12.3. The molecule has 0 heterocycles. The summed E-state index contributed by atoms with van der Waals surface area (Å²) in [6.45, 7) is 2.01. The first-order valence-corrected chi connectivity index (χ1v) is 6.78. The highest BCUT2D eigenvalue weighted by Crippen LogP contribution is 2.28. The first-order valence-electron chi connectivity index (χ1n) is 5.99. The molecule has 86 valence electrons. The van der Waals surface area contributed by atoms with E-state index in [1.165, 1.54) is 19.3 Å². The van der Waals surface area contributed by atoms with Gasteiger partial charge < -0.3 is 0 Å². The highest BCUT2D eigenvalue weighted by atomic mass is 79.9. The summed E-state index contributed by atoms with van der Waals surface area (Å²) in [5.41, 5.74) is 2.00. The Morgan fingerprint density at radius 1 is 1.25 bits per heavy atom. The molecular formula is C14H17BrO. The molecule has 1 aromatic carbocycles. The molecule has 2 rings (SSSR count). The van der Waals surface area contributed by atoms with Crippen molar-refractivity contribution >= 4 is 21.7 Å². The molecule has 16 heavy (non-hydrogen) atoms. The molecule has 0 atom stereocenters. The van der Waals surface area contributed by atoms with Crippen LogP contribution in [-0.2, 0) is 0 Å². The standard InChI is InChI=1S/C14H17BrO/c1-10-9-12(15)7-8-13(10)14(16)11-5-3-2-4-6-11/h7-9,11H,2-6H2,1H3. The van der Waals surface area contributed by atoms with Crippen molar-refractivity contribution in [1.29, 1.82) is 0 Å². The van der Waals surface area contributed by atoms with Gasteiger partial charge in [0.25, 0.3) is 0 Å². The summed E-state index contributed by atoms with van der Waals surface area (Å²) in [4.78, 5) is 12.3. The van der Waals surface area contributed by atoms with E-state index in [0.29, 0.717) is 5.78 Å². The van der Waals surface area contributed by atoms with Gasteiger partial charge in [-0.3, -0.25) is 4.79 Å². The SMILES string of the molecule is Cc1cc(Br)ccc1C(=O)C1CCCCC1. The minimum Gasteiger partial charge on any atom is -0.294 e. The number of carbonyl (C=O) groups excluding carboxylic acids is 1. The number of rotatable bonds is 2. The first-order chi connectivity index (χ1) is 7.68. The van der Waals surface area contributed by atoms with Crippen molar-refractivity contribution in [2.45, 2.75) is 39.0 Å². The van der Waals surface area contributed by atoms with Crippen LogP contribution in [0.3, 0.4) is 0 Å². The maximum Gasteiger partial charge on any atom is 0.166 e. The molecule has 0 aliphatic heterocycles. The predicted molar refractivity (Wildman–Crippen MR) is 69.8 cm³/mol. The molecule has 0 radical (unpaired) electrons. The Balaban J connectivity index is 2.19. The normalized spacial score (nSPS) is 17.4. The fourth-order valence-corrected chi connectivity index (χ4v) is 2.96. The maximum absolute atomic E-state index is 12.3. The van der Waals surface area contributed by atoms with Crippen LogP contribution in [0, 0.1) is 12.8 Å². The van der Waals surface area contributed by atoms with Crippen molar-refractivity contribution in [3.8, 4) is 0 Å². The molecule has 2 heteroatoms. The minimum absolute atomic E-state index is 0.272. The van der Waals surface area contributed by atoms with E-state index in [4.69, 9.17) is 0 Å². The zero-order valence-corrected chi connectivity index (χ0v) is 11.2. The Morgan fingerprint density at radius 2 is 1.94 bits per heavy atom. The summed E-state index contributed by atoms with van der Waals surface area (Å²) < 4.78 is 1.05. The molecule has 0 N–H and O–H groups in total. The van der Waals surface area contributed by atoms with E-state index in [-0.39, 0.29) is 5.92 Å². The van der Waals surface area contributed by atoms with Crippen molar-refractivity contribution in [1.82, 2.24) is 0 Å². The summed E-state index contributed by atoms with van der Waals surface area (Å²) in [7, 11) is 0. The number of hydrogen-bond acceptors (Lipinski definition) is 1. The van der Waals surface area contributed by atoms with E-state index in [0.717, 1.165) is 28.4 Å².